The van der Waals surface area contributed by atoms with Crippen molar-refractivity contribution in [2.24, 2.45) is 0 Å². The summed E-state index contributed by atoms with van der Waals surface area (Å²) in [6.45, 7) is 1.29. The molecule has 0 aromatic heterocycles. The van der Waals surface area contributed by atoms with Crippen molar-refractivity contribution in [3.8, 4) is 0 Å². The Morgan fingerprint density at radius 1 is 1.00 bits per heavy atom. The van der Waals surface area contributed by atoms with Crippen LogP contribution in [-0.4, -0.2) is 29.8 Å². The molecule has 1 heterocycles. The van der Waals surface area contributed by atoms with Gasteiger partial charge in [-0.15, -0.1) is 0 Å². The Bertz CT molecular complexity index is 836. The molecule has 1 aliphatic heterocycles. The van der Waals surface area contributed by atoms with Crippen LogP contribution in [0, 0.1) is 11.6 Å². The van der Waals surface area contributed by atoms with Crippen LogP contribution < -0.4 is 5.32 Å². The summed E-state index contributed by atoms with van der Waals surface area (Å²) in [4.78, 5) is 26.6. The largest absolute Gasteiger partial charge is 0.339 e. The standard InChI is InChI=1S/C18H15ClF2N2O2/c19-11-3-6-16(14(9-11)18(25)23-7-1-2-8-23)22-17(24)13-5-4-12(20)10-15(13)21/h3-6,9-10H,1-2,7-8H2,(H,22,24). The van der Waals surface area contributed by atoms with Crippen molar-refractivity contribution < 1.29 is 18.4 Å². The minimum Gasteiger partial charge on any atom is -0.339 e. The third kappa shape index (κ3) is 3.79. The third-order valence-corrected chi connectivity index (χ3v) is 4.26. The number of nitrogens with one attached hydrogen (secondary N) is 1. The molecule has 2 amide bonds. The maximum absolute atomic E-state index is 13.8. The van der Waals surface area contributed by atoms with Crippen LogP contribution in [0.2, 0.25) is 5.02 Å². The molecule has 25 heavy (non-hydrogen) atoms. The second-order valence-corrected chi connectivity index (χ2v) is 6.20. The molecule has 3 rings (SSSR count). The SMILES string of the molecule is O=C(Nc1ccc(Cl)cc1C(=O)N1CCCC1)c1ccc(F)cc1F. The first-order valence-corrected chi connectivity index (χ1v) is 8.19. The van der Waals surface area contributed by atoms with E-state index in [4.69, 9.17) is 11.6 Å². The maximum atomic E-state index is 13.8. The molecule has 0 bridgehead atoms. The van der Waals surface area contributed by atoms with Gasteiger partial charge >= 0.3 is 0 Å². The van der Waals surface area contributed by atoms with Crippen LogP contribution in [-0.2, 0) is 0 Å². The highest BCUT2D eigenvalue weighted by Gasteiger charge is 2.23. The van der Waals surface area contributed by atoms with Gasteiger partial charge in [-0.05, 0) is 43.2 Å². The molecule has 2 aromatic carbocycles. The highest BCUT2D eigenvalue weighted by Crippen LogP contribution is 2.25. The number of carbonyl (C=O) groups excluding carboxylic acids is 2. The van der Waals surface area contributed by atoms with Gasteiger partial charge in [0, 0.05) is 24.2 Å². The van der Waals surface area contributed by atoms with E-state index in [1.807, 2.05) is 0 Å². The van der Waals surface area contributed by atoms with Gasteiger partial charge in [0.05, 0.1) is 16.8 Å². The van der Waals surface area contributed by atoms with Gasteiger partial charge in [0.15, 0.2) is 0 Å². The lowest BCUT2D eigenvalue weighted by Gasteiger charge is -2.18. The van der Waals surface area contributed by atoms with E-state index in [2.05, 4.69) is 5.32 Å². The summed E-state index contributed by atoms with van der Waals surface area (Å²) in [7, 11) is 0. The molecule has 0 spiro atoms. The van der Waals surface area contributed by atoms with Crippen LogP contribution >= 0.6 is 11.6 Å². The van der Waals surface area contributed by atoms with Gasteiger partial charge in [-0.3, -0.25) is 9.59 Å². The first-order valence-electron chi connectivity index (χ1n) is 7.81. The fourth-order valence-electron chi connectivity index (χ4n) is 2.76. The summed E-state index contributed by atoms with van der Waals surface area (Å²) in [5.74, 6) is -2.76. The van der Waals surface area contributed by atoms with Crippen molar-refractivity contribution in [3.05, 3.63) is 64.2 Å². The van der Waals surface area contributed by atoms with Gasteiger partial charge in [-0.1, -0.05) is 11.6 Å². The van der Waals surface area contributed by atoms with E-state index in [1.165, 1.54) is 18.2 Å². The smallest absolute Gasteiger partial charge is 0.258 e. The lowest BCUT2D eigenvalue weighted by atomic mass is 10.1. The van der Waals surface area contributed by atoms with Gasteiger partial charge < -0.3 is 10.2 Å². The van der Waals surface area contributed by atoms with Crippen molar-refractivity contribution in [2.75, 3.05) is 18.4 Å². The van der Waals surface area contributed by atoms with E-state index >= 15 is 0 Å². The summed E-state index contributed by atoms with van der Waals surface area (Å²) in [5, 5.41) is 2.87. The zero-order valence-electron chi connectivity index (χ0n) is 13.2. The third-order valence-electron chi connectivity index (χ3n) is 4.03. The minimum absolute atomic E-state index is 0.232. The molecular weight excluding hydrogens is 350 g/mol. The number of rotatable bonds is 3. The number of amides is 2. The van der Waals surface area contributed by atoms with Gasteiger partial charge in [0.25, 0.3) is 11.8 Å². The Morgan fingerprint density at radius 3 is 2.40 bits per heavy atom. The zero-order chi connectivity index (χ0) is 18.0. The quantitative estimate of drug-likeness (QED) is 0.891. The Morgan fingerprint density at radius 2 is 1.72 bits per heavy atom. The number of hydrogen-bond donors (Lipinski definition) is 1. The predicted octanol–water partition coefficient (Wildman–Crippen LogP) is 4.11. The fraction of sp³-hybridized carbons (Fsp3) is 0.222. The van der Waals surface area contributed by atoms with Crippen molar-refractivity contribution in [2.45, 2.75) is 12.8 Å². The minimum atomic E-state index is -0.973. The molecule has 0 aliphatic carbocycles. The monoisotopic (exact) mass is 364 g/mol. The summed E-state index contributed by atoms with van der Waals surface area (Å²) in [5.41, 5.74) is 0.163. The lowest BCUT2D eigenvalue weighted by Crippen LogP contribution is -2.29. The van der Waals surface area contributed by atoms with Crippen LogP contribution in [0.3, 0.4) is 0 Å². The van der Waals surface area contributed by atoms with E-state index in [9.17, 15) is 18.4 Å². The van der Waals surface area contributed by atoms with Crippen molar-refractivity contribution in [1.29, 1.82) is 0 Å². The molecule has 0 atom stereocenters. The van der Waals surface area contributed by atoms with E-state index in [1.54, 1.807) is 4.90 Å². The number of likely N-dealkylation sites (tertiary alicyclic amines) is 1. The molecule has 0 unspecified atom stereocenters. The first kappa shape index (κ1) is 17.4. The summed E-state index contributed by atoms with van der Waals surface area (Å²) in [6, 6.07) is 7.17. The van der Waals surface area contributed by atoms with Crippen LogP contribution in [0.25, 0.3) is 0 Å². The molecule has 1 saturated heterocycles. The Labute approximate surface area is 148 Å². The van der Waals surface area contributed by atoms with Crippen LogP contribution in [0.15, 0.2) is 36.4 Å². The van der Waals surface area contributed by atoms with Gasteiger partial charge in [-0.2, -0.15) is 0 Å². The molecule has 2 aromatic rings. The lowest BCUT2D eigenvalue weighted by molar-refractivity contribution is 0.0794. The molecule has 4 nitrogen and oxygen atoms in total. The van der Waals surface area contributed by atoms with Crippen LogP contribution in [0.4, 0.5) is 14.5 Å². The number of benzene rings is 2. The molecule has 1 N–H and O–H groups in total. The number of anilines is 1. The molecule has 0 radical (unpaired) electrons. The Kier molecular flexibility index (Phi) is 4.99. The maximum Gasteiger partial charge on any atom is 0.258 e. The molecule has 130 valence electrons. The van der Waals surface area contributed by atoms with Crippen LogP contribution in [0.5, 0.6) is 0 Å². The van der Waals surface area contributed by atoms with E-state index in [0.29, 0.717) is 24.2 Å². The Balaban J connectivity index is 1.89. The summed E-state index contributed by atoms with van der Waals surface area (Å²) >= 11 is 5.98. The van der Waals surface area contributed by atoms with Gasteiger partial charge in [0.1, 0.15) is 11.6 Å². The highest BCUT2D eigenvalue weighted by molar-refractivity contribution is 6.31. The van der Waals surface area contributed by atoms with E-state index in [0.717, 1.165) is 25.0 Å². The first-order chi connectivity index (χ1) is 12.0. The second kappa shape index (κ2) is 7.19. The molecule has 7 heteroatoms. The normalized spacial score (nSPS) is 13.8. The van der Waals surface area contributed by atoms with Crippen LogP contribution in [0.1, 0.15) is 33.6 Å². The second-order valence-electron chi connectivity index (χ2n) is 5.77. The summed E-state index contributed by atoms with van der Waals surface area (Å²) in [6.07, 6.45) is 1.85. The van der Waals surface area contributed by atoms with E-state index in [-0.39, 0.29) is 22.7 Å². The molecule has 0 saturated carbocycles. The average molecular weight is 365 g/mol. The number of halogens is 3. The predicted molar refractivity (Wildman–Crippen MR) is 90.9 cm³/mol. The zero-order valence-corrected chi connectivity index (χ0v) is 13.9. The number of carbonyl (C=O) groups is 2. The topological polar surface area (TPSA) is 49.4 Å². The van der Waals surface area contributed by atoms with Crippen molar-refractivity contribution in [1.82, 2.24) is 4.90 Å². The van der Waals surface area contributed by atoms with Crippen molar-refractivity contribution >= 4 is 29.1 Å². The van der Waals surface area contributed by atoms with E-state index < -0.39 is 17.5 Å². The van der Waals surface area contributed by atoms with Crippen molar-refractivity contribution in [3.63, 3.8) is 0 Å². The average Bonchev–Trinajstić information content (AvgIpc) is 3.10. The molecular formula is C18H15ClF2N2O2. The highest BCUT2D eigenvalue weighted by atomic mass is 35.5. The van der Waals surface area contributed by atoms with Gasteiger partial charge in [0.2, 0.25) is 0 Å². The number of hydrogen-bond acceptors (Lipinski definition) is 2. The fourth-order valence-corrected chi connectivity index (χ4v) is 2.93. The molecule has 1 aliphatic rings. The van der Waals surface area contributed by atoms with Gasteiger partial charge in [-0.25, -0.2) is 8.78 Å². The number of nitrogens with zero attached hydrogens (tertiary/aromatic N) is 1. The summed E-state index contributed by atoms with van der Waals surface area (Å²) < 4.78 is 26.8. The Hall–Kier alpha value is -2.47. The molecule has 1 fully saturated rings.